The van der Waals surface area contributed by atoms with E-state index in [-0.39, 0.29) is 37.3 Å². The van der Waals surface area contributed by atoms with Crippen LogP contribution >= 0.6 is 24.8 Å². The largest absolute Gasteiger partial charge is 0.353 e. The number of likely N-dealkylation sites (tertiary alicyclic amines) is 1. The van der Waals surface area contributed by atoms with Crippen LogP contribution in [0.15, 0.2) is 0 Å². The second kappa shape index (κ2) is 10.7. The number of halogens is 2. The SMILES string of the molecule is CC1CCN(C(CNC(=O)CN)C(C)C)CC1.Cl.Cl. The normalized spacial score (nSPS) is 18.4. The molecule has 1 unspecified atom stereocenters. The Hall–Kier alpha value is -0.0300. The molecule has 4 nitrogen and oxygen atoms in total. The number of carbonyl (C=O) groups excluding carboxylic acids is 1. The van der Waals surface area contributed by atoms with Gasteiger partial charge in [0.15, 0.2) is 0 Å². The van der Waals surface area contributed by atoms with Crippen molar-refractivity contribution in [2.45, 2.75) is 39.7 Å². The first-order valence-electron chi connectivity index (χ1n) is 6.75. The van der Waals surface area contributed by atoms with E-state index in [1.807, 2.05) is 0 Å². The summed E-state index contributed by atoms with van der Waals surface area (Å²) in [6.07, 6.45) is 2.54. The van der Waals surface area contributed by atoms with Crippen molar-refractivity contribution in [2.75, 3.05) is 26.2 Å². The Morgan fingerprint density at radius 1 is 1.32 bits per heavy atom. The Labute approximate surface area is 129 Å². The molecule has 1 rings (SSSR count). The lowest BCUT2D eigenvalue weighted by Gasteiger charge is -2.38. The zero-order valence-electron chi connectivity index (χ0n) is 12.2. The lowest BCUT2D eigenvalue weighted by Crippen LogP contribution is -2.50. The van der Waals surface area contributed by atoms with Crippen LogP contribution in [0, 0.1) is 11.8 Å². The van der Waals surface area contributed by atoms with Crippen LogP contribution in [0.25, 0.3) is 0 Å². The number of hydrogen-bond donors (Lipinski definition) is 2. The van der Waals surface area contributed by atoms with Crippen molar-refractivity contribution in [3.8, 4) is 0 Å². The van der Waals surface area contributed by atoms with Crippen LogP contribution in [0.1, 0.15) is 33.6 Å². The summed E-state index contributed by atoms with van der Waals surface area (Å²) < 4.78 is 0. The maximum atomic E-state index is 11.2. The number of nitrogens with two attached hydrogens (primary N) is 1. The fraction of sp³-hybridized carbons (Fsp3) is 0.923. The lowest BCUT2D eigenvalue weighted by atomic mass is 9.94. The molecule has 6 heteroatoms. The highest BCUT2D eigenvalue weighted by Gasteiger charge is 2.25. The number of nitrogens with one attached hydrogen (secondary N) is 1. The number of rotatable bonds is 5. The highest BCUT2D eigenvalue weighted by atomic mass is 35.5. The highest BCUT2D eigenvalue weighted by molar-refractivity contribution is 5.85. The summed E-state index contributed by atoms with van der Waals surface area (Å²) in [6, 6.07) is 0.443. The topological polar surface area (TPSA) is 58.4 Å². The third-order valence-corrected chi connectivity index (χ3v) is 3.75. The highest BCUT2D eigenvalue weighted by Crippen LogP contribution is 2.20. The van der Waals surface area contributed by atoms with Gasteiger partial charge in [0.1, 0.15) is 0 Å². The van der Waals surface area contributed by atoms with Gasteiger partial charge in [0.25, 0.3) is 0 Å². The van der Waals surface area contributed by atoms with Gasteiger partial charge in [0, 0.05) is 12.6 Å². The third-order valence-electron chi connectivity index (χ3n) is 3.75. The van der Waals surface area contributed by atoms with E-state index in [1.54, 1.807) is 0 Å². The van der Waals surface area contributed by atoms with Gasteiger partial charge >= 0.3 is 0 Å². The second-order valence-electron chi connectivity index (χ2n) is 5.54. The molecule has 1 saturated heterocycles. The molecule has 0 bridgehead atoms. The van der Waals surface area contributed by atoms with Crippen molar-refractivity contribution in [3.05, 3.63) is 0 Å². The van der Waals surface area contributed by atoms with E-state index >= 15 is 0 Å². The second-order valence-corrected chi connectivity index (χ2v) is 5.54. The first-order valence-corrected chi connectivity index (χ1v) is 6.75. The minimum atomic E-state index is -0.0546. The molecular formula is C13H29Cl2N3O. The molecule has 0 aromatic carbocycles. The standard InChI is InChI=1S/C13H27N3O.2ClH/c1-10(2)12(9-15-13(17)8-14)16-6-4-11(3)5-7-16;;/h10-12H,4-9,14H2,1-3H3,(H,15,17);2*1H. The predicted molar refractivity (Wildman–Crippen MR) is 85.2 cm³/mol. The monoisotopic (exact) mass is 313 g/mol. The minimum Gasteiger partial charge on any atom is -0.353 e. The van der Waals surface area contributed by atoms with Crippen LogP contribution in [-0.2, 0) is 4.79 Å². The minimum absolute atomic E-state index is 0. The summed E-state index contributed by atoms with van der Waals surface area (Å²) in [5.41, 5.74) is 5.31. The summed E-state index contributed by atoms with van der Waals surface area (Å²) in [5.74, 6) is 1.35. The number of amides is 1. The molecule has 0 aromatic heterocycles. The van der Waals surface area contributed by atoms with Crippen LogP contribution in [0.4, 0.5) is 0 Å². The molecule has 19 heavy (non-hydrogen) atoms. The smallest absolute Gasteiger partial charge is 0.233 e. The van der Waals surface area contributed by atoms with Crippen molar-refractivity contribution in [2.24, 2.45) is 17.6 Å². The molecule has 0 aliphatic carbocycles. The molecule has 1 heterocycles. The van der Waals surface area contributed by atoms with Crippen molar-refractivity contribution in [1.82, 2.24) is 10.2 Å². The molecule has 1 atom stereocenters. The fourth-order valence-corrected chi connectivity index (χ4v) is 2.44. The van der Waals surface area contributed by atoms with Crippen LogP contribution in [0.2, 0.25) is 0 Å². The first-order chi connectivity index (χ1) is 8.04. The van der Waals surface area contributed by atoms with E-state index in [0.29, 0.717) is 12.0 Å². The molecule has 116 valence electrons. The molecule has 0 spiro atoms. The average Bonchev–Trinajstić information content (AvgIpc) is 2.31. The zero-order valence-corrected chi connectivity index (χ0v) is 13.9. The Kier molecular flexibility index (Phi) is 12.0. The summed E-state index contributed by atoms with van der Waals surface area (Å²) in [6.45, 7) is 9.88. The van der Waals surface area contributed by atoms with Gasteiger partial charge < -0.3 is 11.1 Å². The van der Waals surface area contributed by atoms with Crippen LogP contribution in [0.3, 0.4) is 0 Å². The molecule has 1 aliphatic rings. The van der Waals surface area contributed by atoms with Gasteiger partial charge in [-0.25, -0.2) is 0 Å². The molecule has 0 radical (unpaired) electrons. The van der Waals surface area contributed by atoms with Gasteiger partial charge in [-0.2, -0.15) is 0 Å². The molecule has 0 aromatic rings. The summed E-state index contributed by atoms with van der Waals surface area (Å²) in [7, 11) is 0. The molecule has 0 saturated carbocycles. The Bertz CT molecular complexity index is 244. The Morgan fingerprint density at radius 3 is 2.26 bits per heavy atom. The van der Waals surface area contributed by atoms with E-state index < -0.39 is 0 Å². The van der Waals surface area contributed by atoms with E-state index in [2.05, 4.69) is 31.0 Å². The average molecular weight is 314 g/mol. The fourth-order valence-electron chi connectivity index (χ4n) is 2.44. The van der Waals surface area contributed by atoms with Gasteiger partial charge in [-0.15, -0.1) is 24.8 Å². The van der Waals surface area contributed by atoms with Crippen molar-refractivity contribution < 1.29 is 4.79 Å². The van der Waals surface area contributed by atoms with E-state index in [0.717, 1.165) is 25.6 Å². The maximum Gasteiger partial charge on any atom is 0.233 e. The van der Waals surface area contributed by atoms with Gasteiger partial charge in [-0.05, 0) is 37.8 Å². The molecule has 1 fully saturated rings. The number of nitrogens with zero attached hydrogens (tertiary/aromatic N) is 1. The van der Waals surface area contributed by atoms with Gasteiger partial charge in [-0.1, -0.05) is 20.8 Å². The summed E-state index contributed by atoms with van der Waals surface area (Å²) in [4.78, 5) is 13.7. The van der Waals surface area contributed by atoms with Crippen molar-refractivity contribution >= 4 is 30.7 Å². The first kappa shape index (κ1) is 21.3. The maximum absolute atomic E-state index is 11.2. The molecule has 3 N–H and O–H groups in total. The molecule has 1 amide bonds. The van der Waals surface area contributed by atoms with Crippen LogP contribution < -0.4 is 11.1 Å². The van der Waals surface area contributed by atoms with Crippen LogP contribution in [-0.4, -0.2) is 43.0 Å². The quantitative estimate of drug-likeness (QED) is 0.811. The third kappa shape index (κ3) is 7.35. The lowest BCUT2D eigenvalue weighted by molar-refractivity contribution is -0.120. The van der Waals surface area contributed by atoms with E-state index in [1.165, 1.54) is 12.8 Å². The zero-order chi connectivity index (χ0) is 12.8. The Morgan fingerprint density at radius 2 is 1.84 bits per heavy atom. The van der Waals surface area contributed by atoms with Gasteiger partial charge in [0.2, 0.25) is 5.91 Å². The van der Waals surface area contributed by atoms with Crippen LogP contribution in [0.5, 0.6) is 0 Å². The van der Waals surface area contributed by atoms with Gasteiger partial charge in [-0.3, -0.25) is 9.69 Å². The van der Waals surface area contributed by atoms with Crippen molar-refractivity contribution in [1.29, 1.82) is 0 Å². The summed E-state index contributed by atoms with van der Waals surface area (Å²) in [5, 5.41) is 2.92. The van der Waals surface area contributed by atoms with E-state index in [4.69, 9.17) is 5.73 Å². The number of piperidine rings is 1. The van der Waals surface area contributed by atoms with E-state index in [9.17, 15) is 4.79 Å². The molecule has 1 aliphatic heterocycles. The summed E-state index contributed by atoms with van der Waals surface area (Å²) >= 11 is 0. The predicted octanol–water partition coefficient (Wildman–Crippen LogP) is 1.66. The number of hydrogen-bond acceptors (Lipinski definition) is 3. The van der Waals surface area contributed by atoms with Crippen molar-refractivity contribution in [3.63, 3.8) is 0 Å². The molecular weight excluding hydrogens is 285 g/mol. The van der Waals surface area contributed by atoms with Gasteiger partial charge in [0.05, 0.1) is 6.54 Å². The number of carbonyl (C=O) groups is 1. The Balaban J connectivity index is 0.